The van der Waals surface area contributed by atoms with Crippen LogP contribution >= 0.6 is 0 Å². The number of hydrogen-bond acceptors (Lipinski definition) is 3. The van der Waals surface area contributed by atoms with Crippen LogP contribution in [0.4, 0.5) is 0 Å². The fraction of sp³-hybridized carbons (Fsp3) is 0.857. The summed E-state index contributed by atoms with van der Waals surface area (Å²) in [5, 5.41) is 11.9. The Morgan fingerprint density at radius 2 is 2.00 bits per heavy atom. The van der Waals surface area contributed by atoms with E-state index in [1.807, 2.05) is 0 Å². The minimum Gasteiger partial charge on any atom is -0.353 e. The summed E-state index contributed by atoms with van der Waals surface area (Å²) in [5.41, 5.74) is 0. The molecule has 1 aliphatic carbocycles. The fourth-order valence-electron chi connectivity index (χ4n) is 3.08. The molecule has 2 aliphatic rings. The molecular weight excluding hydrogens is 226 g/mol. The second kappa shape index (κ2) is 6.75. The van der Waals surface area contributed by atoms with Crippen molar-refractivity contribution in [1.29, 1.82) is 5.26 Å². The van der Waals surface area contributed by atoms with Crippen molar-refractivity contribution in [2.75, 3.05) is 19.6 Å². The predicted molar refractivity (Wildman–Crippen MR) is 69.8 cm³/mol. The summed E-state index contributed by atoms with van der Waals surface area (Å²) in [5.74, 6) is 0.304. The van der Waals surface area contributed by atoms with Crippen molar-refractivity contribution in [2.24, 2.45) is 5.92 Å². The van der Waals surface area contributed by atoms with Gasteiger partial charge in [-0.05, 0) is 32.2 Å². The molecule has 100 valence electrons. The number of nitrogens with zero attached hydrogens (tertiary/aromatic N) is 2. The second-order valence-electron chi connectivity index (χ2n) is 5.58. The number of rotatable bonds is 3. The average Bonchev–Trinajstić information content (AvgIpc) is 2.40. The van der Waals surface area contributed by atoms with Crippen molar-refractivity contribution >= 4 is 5.91 Å². The van der Waals surface area contributed by atoms with Crippen LogP contribution in [0.2, 0.25) is 0 Å². The molecular formula is C14H23N3O. The number of likely N-dealkylation sites (tertiary alicyclic amines) is 1. The second-order valence-corrected chi connectivity index (χ2v) is 5.58. The molecule has 2 rings (SSSR count). The van der Waals surface area contributed by atoms with E-state index in [-0.39, 0.29) is 11.8 Å². The third-order valence-corrected chi connectivity index (χ3v) is 4.12. The average molecular weight is 249 g/mol. The molecule has 1 heterocycles. The predicted octanol–water partition coefficient (Wildman–Crippen LogP) is 1.67. The Bertz CT molecular complexity index is 317. The molecule has 1 amide bonds. The first-order valence-corrected chi connectivity index (χ1v) is 7.19. The first kappa shape index (κ1) is 13.4. The maximum atomic E-state index is 12.2. The van der Waals surface area contributed by atoms with Crippen molar-refractivity contribution in [2.45, 2.75) is 51.0 Å². The monoisotopic (exact) mass is 249 g/mol. The summed E-state index contributed by atoms with van der Waals surface area (Å²) in [6, 6.07) is 2.57. The molecule has 0 bridgehead atoms. The van der Waals surface area contributed by atoms with Gasteiger partial charge >= 0.3 is 0 Å². The zero-order valence-electron chi connectivity index (χ0n) is 11.0. The molecule has 0 aromatic rings. The van der Waals surface area contributed by atoms with Gasteiger partial charge in [-0.25, -0.2) is 0 Å². The van der Waals surface area contributed by atoms with E-state index in [1.54, 1.807) is 0 Å². The molecule has 1 saturated carbocycles. The largest absolute Gasteiger partial charge is 0.353 e. The summed E-state index contributed by atoms with van der Waals surface area (Å²) in [4.78, 5) is 14.3. The van der Waals surface area contributed by atoms with E-state index in [9.17, 15) is 4.79 Å². The standard InChI is InChI=1S/C14H23N3O/c15-8-10-17-9-4-5-12(11-17)14(18)16-13-6-2-1-3-7-13/h12-13H,1-7,9-11H2,(H,16,18)/t12-/m1/s1. The van der Waals surface area contributed by atoms with Gasteiger partial charge in [0.25, 0.3) is 0 Å². The van der Waals surface area contributed by atoms with Gasteiger partial charge in [0.15, 0.2) is 0 Å². The van der Waals surface area contributed by atoms with Crippen LogP contribution in [-0.4, -0.2) is 36.5 Å². The van der Waals surface area contributed by atoms with Crippen LogP contribution < -0.4 is 5.32 Å². The number of hydrogen-bond donors (Lipinski definition) is 1. The summed E-state index contributed by atoms with van der Waals surface area (Å²) in [6.07, 6.45) is 8.09. The summed E-state index contributed by atoms with van der Waals surface area (Å²) < 4.78 is 0. The van der Waals surface area contributed by atoms with Gasteiger partial charge in [0.05, 0.1) is 18.5 Å². The van der Waals surface area contributed by atoms with E-state index >= 15 is 0 Å². The smallest absolute Gasteiger partial charge is 0.224 e. The lowest BCUT2D eigenvalue weighted by molar-refractivity contribution is -0.127. The van der Waals surface area contributed by atoms with E-state index < -0.39 is 0 Å². The SMILES string of the molecule is N#CCN1CCC[C@@H](C(=O)NC2CCCCC2)C1. The number of carbonyl (C=O) groups is 1. The van der Waals surface area contributed by atoms with Crippen LogP contribution in [0, 0.1) is 17.2 Å². The molecule has 0 aromatic heterocycles. The molecule has 0 aromatic carbocycles. The lowest BCUT2D eigenvalue weighted by Crippen LogP contribution is -2.46. The summed E-state index contributed by atoms with van der Waals surface area (Å²) >= 11 is 0. The molecule has 4 nitrogen and oxygen atoms in total. The third kappa shape index (κ3) is 3.71. The van der Waals surface area contributed by atoms with Gasteiger partial charge in [-0.2, -0.15) is 5.26 Å². The number of nitrogens with one attached hydrogen (secondary N) is 1. The zero-order valence-corrected chi connectivity index (χ0v) is 11.0. The van der Waals surface area contributed by atoms with Crippen molar-refractivity contribution in [3.8, 4) is 6.07 Å². The van der Waals surface area contributed by atoms with Crippen LogP contribution in [-0.2, 0) is 4.79 Å². The maximum Gasteiger partial charge on any atom is 0.224 e. The number of carbonyl (C=O) groups excluding carboxylic acids is 1. The highest BCUT2D eigenvalue weighted by molar-refractivity contribution is 5.79. The molecule has 0 radical (unpaired) electrons. The van der Waals surface area contributed by atoms with Gasteiger partial charge in [0, 0.05) is 12.6 Å². The molecule has 1 saturated heterocycles. The van der Waals surface area contributed by atoms with Gasteiger partial charge in [-0.15, -0.1) is 0 Å². The highest BCUT2D eigenvalue weighted by Gasteiger charge is 2.27. The van der Waals surface area contributed by atoms with Crippen LogP contribution in [0.1, 0.15) is 44.9 Å². The number of piperidine rings is 1. The van der Waals surface area contributed by atoms with E-state index in [2.05, 4.69) is 16.3 Å². The van der Waals surface area contributed by atoms with Gasteiger partial charge in [-0.3, -0.25) is 9.69 Å². The van der Waals surface area contributed by atoms with Crippen LogP contribution in [0.5, 0.6) is 0 Å². The highest BCUT2D eigenvalue weighted by atomic mass is 16.2. The third-order valence-electron chi connectivity index (χ3n) is 4.12. The lowest BCUT2D eigenvalue weighted by atomic mass is 9.93. The van der Waals surface area contributed by atoms with Crippen molar-refractivity contribution in [1.82, 2.24) is 10.2 Å². The van der Waals surface area contributed by atoms with E-state index in [0.29, 0.717) is 12.6 Å². The van der Waals surface area contributed by atoms with E-state index in [0.717, 1.165) is 38.8 Å². The molecule has 1 atom stereocenters. The van der Waals surface area contributed by atoms with Crippen LogP contribution in [0.15, 0.2) is 0 Å². The summed E-state index contributed by atoms with van der Waals surface area (Å²) in [7, 11) is 0. The molecule has 18 heavy (non-hydrogen) atoms. The van der Waals surface area contributed by atoms with Crippen molar-refractivity contribution < 1.29 is 4.79 Å². The first-order chi connectivity index (χ1) is 8.79. The normalized spacial score (nSPS) is 26.5. The van der Waals surface area contributed by atoms with E-state index in [1.165, 1.54) is 19.3 Å². The van der Waals surface area contributed by atoms with Crippen molar-refractivity contribution in [3.05, 3.63) is 0 Å². The minimum absolute atomic E-state index is 0.0917. The highest BCUT2D eigenvalue weighted by Crippen LogP contribution is 2.20. The molecule has 1 aliphatic heterocycles. The van der Waals surface area contributed by atoms with Gasteiger partial charge in [0.2, 0.25) is 5.91 Å². The quantitative estimate of drug-likeness (QED) is 0.774. The zero-order chi connectivity index (χ0) is 12.8. The first-order valence-electron chi connectivity index (χ1n) is 7.19. The Kier molecular flexibility index (Phi) is 5.00. The minimum atomic E-state index is 0.0917. The van der Waals surface area contributed by atoms with Gasteiger partial charge < -0.3 is 5.32 Å². The van der Waals surface area contributed by atoms with Gasteiger partial charge in [0.1, 0.15) is 0 Å². The molecule has 0 spiro atoms. The Hall–Kier alpha value is -1.08. The van der Waals surface area contributed by atoms with Crippen LogP contribution in [0.3, 0.4) is 0 Å². The summed E-state index contributed by atoms with van der Waals surface area (Å²) in [6.45, 7) is 2.17. The topological polar surface area (TPSA) is 56.1 Å². The molecule has 2 fully saturated rings. The Labute approximate surface area is 109 Å². The number of nitriles is 1. The lowest BCUT2D eigenvalue weighted by Gasteiger charge is -2.32. The van der Waals surface area contributed by atoms with E-state index in [4.69, 9.17) is 5.26 Å². The van der Waals surface area contributed by atoms with Crippen LogP contribution in [0.25, 0.3) is 0 Å². The Morgan fingerprint density at radius 3 is 2.72 bits per heavy atom. The Balaban J connectivity index is 1.79. The number of amides is 1. The fourth-order valence-corrected chi connectivity index (χ4v) is 3.08. The Morgan fingerprint density at radius 1 is 1.22 bits per heavy atom. The molecule has 0 unspecified atom stereocenters. The molecule has 4 heteroatoms. The van der Waals surface area contributed by atoms with Gasteiger partial charge in [-0.1, -0.05) is 19.3 Å². The molecule has 1 N–H and O–H groups in total. The maximum absolute atomic E-state index is 12.2. The van der Waals surface area contributed by atoms with Crippen molar-refractivity contribution in [3.63, 3.8) is 0 Å².